The van der Waals surface area contributed by atoms with Crippen LogP contribution in [0.15, 0.2) is 42.5 Å². The van der Waals surface area contributed by atoms with Gasteiger partial charge in [0.2, 0.25) is 6.10 Å². The van der Waals surface area contributed by atoms with Crippen LogP contribution < -0.4 is 0 Å². The van der Waals surface area contributed by atoms with Crippen molar-refractivity contribution in [1.82, 2.24) is 0 Å². The molecule has 0 aliphatic rings. The van der Waals surface area contributed by atoms with Crippen molar-refractivity contribution in [2.75, 3.05) is 0 Å². The molecule has 0 heterocycles. The van der Waals surface area contributed by atoms with Crippen molar-refractivity contribution in [3.05, 3.63) is 48.0 Å². The second-order valence-electron chi connectivity index (χ2n) is 7.23. The van der Waals surface area contributed by atoms with Gasteiger partial charge in [-0.3, -0.25) is 9.59 Å². The molecule has 0 saturated heterocycles. The largest absolute Gasteiger partial charge is 0.457 e. The molecule has 0 aliphatic heterocycles. The molecule has 2 aromatic carbocycles. The zero-order valence-corrected chi connectivity index (χ0v) is 15.6. The molecule has 138 valence electrons. The SMILES string of the molecule is CC(=O)CC(OC(=O)Cc1cccc2ccccc12)C(=O)OC(C)(C)C. The molecule has 1 unspecified atom stereocenters. The molecular weight excluding hydrogens is 332 g/mol. The highest BCUT2D eigenvalue weighted by Crippen LogP contribution is 2.20. The van der Waals surface area contributed by atoms with Gasteiger partial charge in [-0.1, -0.05) is 42.5 Å². The molecule has 0 bridgehead atoms. The first-order valence-electron chi connectivity index (χ1n) is 8.54. The second kappa shape index (κ2) is 8.13. The van der Waals surface area contributed by atoms with Gasteiger partial charge in [0.15, 0.2) is 0 Å². The molecule has 0 spiro atoms. The van der Waals surface area contributed by atoms with E-state index in [0.717, 1.165) is 16.3 Å². The first-order chi connectivity index (χ1) is 12.2. The molecule has 0 saturated carbocycles. The van der Waals surface area contributed by atoms with Crippen molar-refractivity contribution in [3.8, 4) is 0 Å². The Labute approximate surface area is 153 Å². The van der Waals surface area contributed by atoms with Gasteiger partial charge in [-0.25, -0.2) is 4.79 Å². The summed E-state index contributed by atoms with van der Waals surface area (Å²) in [7, 11) is 0. The minimum atomic E-state index is -1.23. The maximum atomic E-state index is 12.4. The molecule has 5 nitrogen and oxygen atoms in total. The lowest BCUT2D eigenvalue weighted by atomic mass is 10.0. The molecule has 0 fully saturated rings. The monoisotopic (exact) mass is 356 g/mol. The van der Waals surface area contributed by atoms with E-state index in [1.165, 1.54) is 6.92 Å². The smallest absolute Gasteiger partial charge is 0.348 e. The summed E-state index contributed by atoms with van der Waals surface area (Å²) in [4.78, 5) is 36.1. The Hall–Kier alpha value is -2.69. The van der Waals surface area contributed by atoms with Crippen LogP contribution in [0.2, 0.25) is 0 Å². The average Bonchev–Trinajstić information content (AvgIpc) is 2.52. The summed E-state index contributed by atoms with van der Waals surface area (Å²) >= 11 is 0. The zero-order chi connectivity index (χ0) is 19.3. The van der Waals surface area contributed by atoms with Crippen molar-refractivity contribution >= 4 is 28.5 Å². The van der Waals surface area contributed by atoms with Crippen LogP contribution in [0.25, 0.3) is 10.8 Å². The number of ether oxygens (including phenoxy) is 2. The molecule has 0 radical (unpaired) electrons. The van der Waals surface area contributed by atoms with Crippen LogP contribution >= 0.6 is 0 Å². The van der Waals surface area contributed by atoms with Crippen LogP contribution in [0.1, 0.15) is 39.7 Å². The van der Waals surface area contributed by atoms with Gasteiger partial charge in [-0.15, -0.1) is 0 Å². The van der Waals surface area contributed by atoms with E-state index in [0.29, 0.717) is 0 Å². The minimum Gasteiger partial charge on any atom is -0.457 e. The van der Waals surface area contributed by atoms with Crippen LogP contribution in [-0.4, -0.2) is 29.4 Å². The zero-order valence-electron chi connectivity index (χ0n) is 15.6. The normalized spacial score (nSPS) is 12.5. The topological polar surface area (TPSA) is 69.7 Å². The quantitative estimate of drug-likeness (QED) is 0.740. The van der Waals surface area contributed by atoms with Gasteiger partial charge in [0.1, 0.15) is 11.4 Å². The van der Waals surface area contributed by atoms with Crippen molar-refractivity contribution in [1.29, 1.82) is 0 Å². The highest BCUT2D eigenvalue weighted by molar-refractivity contribution is 5.90. The minimum absolute atomic E-state index is 0.0125. The molecule has 2 aromatic rings. The van der Waals surface area contributed by atoms with Gasteiger partial charge in [-0.05, 0) is 44.0 Å². The lowest BCUT2D eigenvalue weighted by Gasteiger charge is -2.23. The lowest BCUT2D eigenvalue weighted by Crippen LogP contribution is -2.36. The molecule has 26 heavy (non-hydrogen) atoms. The van der Waals surface area contributed by atoms with Crippen LogP contribution in [0.3, 0.4) is 0 Å². The number of ketones is 1. The fraction of sp³-hybridized carbons (Fsp3) is 0.381. The van der Waals surface area contributed by atoms with E-state index in [-0.39, 0.29) is 18.6 Å². The Morgan fingerprint density at radius 1 is 1.00 bits per heavy atom. The van der Waals surface area contributed by atoms with E-state index >= 15 is 0 Å². The van der Waals surface area contributed by atoms with E-state index in [4.69, 9.17) is 9.47 Å². The maximum Gasteiger partial charge on any atom is 0.348 e. The fourth-order valence-corrected chi connectivity index (χ4v) is 2.60. The second-order valence-corrected chi connectivity index (χ2v) is 7.23. The first-order valence-corrected chi connectivity index (χ1v) is 8.54. The van der Waals surface area contributed by atoms with Crippen LogP contribution in [0, 0.1) is 0 Å². The standard InChI is InChI=1S/C21H24O5/c1-14(22)12-18(20(24)26-21(2,3)4)25-19(23)13-16-10-7-9-15-8-5-6-11-17(15)16/h5-11,18H,12-13H2,1-4H3. The Kier molecular flexibility index (Phi) is 6.14. The predicted octanol–water partition coefficient (Wildman–Crippen LogP) is 3.61. The highest BCUT2D eigenvalue weighted by atomic mass is 16.6. The molecule has 0 N–H and O–H groups in total. The van der Waals surface area contributed by atoms with Crippen LogP contribution in [0.4, 0.5) is 0 Å². The summed E-state index contributed by atoms with van der Waals surface area (Å²) in [5.74, 6) is -1.53. The van der Waals surface area contributed by atoms with Gasteiger partial charge in [0.25, 0.3) is 0 Å². The van der Waals surface area contributed by atoms with E-state index in [9.17, 15) is 14.4 Å². The summed E-state index contributed by atoms with van der Waals surface area (Å²) in [6, 6.07) is 13.4. The van der Waals surface area contributed by atoms with Gasteiger partial charge in [-0.2, -0.15) is 0 Å². The first kappa shape index (κ1) is 19.6. The summed E-state index contributed by atoms with van der Waals surface area (Å²) in [6.45, 7) is 6.49. The van der Waals surface area contributed by atoms with Crippen molar-refractivity contribution in [3.63, 3.8) is 0 Å². The Morgan fingerprint density at radius 2 is 1.65 bits per heavy atom. The summed E-state index contributed by atoms with van der Waals surface area (Å²) in [5, 5.41) is 1.97. The van der Waals surface area contributed by atoms with E-state index < -0.39 is 23.6 Å². The third-order valence-corrected chi connectivity index (χ3v) is 3.63. The third-order valence-electron chi connectivity index (χ3n) is 3.63. The number of hydrogen-bond donors (Lipinski definition) is 0. The summed E-state index contributed by atoms with van der Waals surface area (Å²) < 4.78 is 10.5. The molecule has 0 aromatic heterocycles. The maximum absolute atomic E-state index is 12.4. The van der Waals surface area contributed by atoms with Gasteiger partial charge in [0.05, 0.1) is 12.8 Å². The number of carbonyl (C=O) groups excluding carboxylic acids is 3. The molecule has 2 rings (SSSR count). The van der Waals surface area contributed by atoms with E-state index in [1.54, 1.807) is 20.8 Å². The lowest BCUT2D eigenvalue weighted by molar-refractivity contribution is -0.176. The Bertz CT molecular complexity index is 811. The van der Waals surface area contributed by atoms with Crippen LogP contribution in [-0.2, 0) is 30.3 Å². The number of esters is 2. The number of Topliss-reactive ketones (excluding diaryl/α,β-unsaturated/α-hetero) is 1. The van der Waals surface area contributed by atoms with Gasteiger partial charge < -0.3 is 9.47 Å². The van der Waals surface area contributed by atoms with E-state index in [2.05, 4.69) is 0 Å². The molecular formula is C21H24O5. The highest BCUT2D eigenvalue weighted by Gasteiger charge is 2.29. The molecule has 0 aliphatic carbocycles. The summed E-state index contributed by atoms with van der Waals surface area (Å²) in [5.41, 5.74) is 0.0765. The number of benzene rings is 2. The van der Waals surface area contributed by atoms with Crippen LogP contribution in [0.5, 0.6) is 0 Å². The van der Waals surface area contributed by atoms with E-state index in [1.807, 2.05) is 42.5 Å². The van der Waals surface area contributed by atoms with Gasteiger partial charge in [0, 0.05) is 0 Å². The van der Waals surface area contributed by atoms with Crippen molar-refractivity contribution in [2.24, 2.45) is 0 Å². The van der Waals surface area contributed by atoms with Gasteiger partial charge >= 0.3 is 11.9 Å². The number of rotatable bonds is 6. The summed E-state index contributed by atoms with van der Waals surface area (Å²) in [6.07, 6.45) is -1.41. The fourth-order valence-electron chi connectivity index (χ4n) is 2.60. The third kappa shape index (κ3) is 5.69. The van der Waals surface area contributed by atoms with Crippen molar-refractivity contribution in [2.45, 2.75) is 52.2 Å². The predicted molar refractivity (Wildman–Crippen MR) is 98.7 cm³/mol. The molecule has 5 heteroatoms. The molecule has 0 amide bonds. The molecule has 1 atom stereocenters. The Balaban J connectivity index is 2.13. The number of hydrogen-bond acceptors (Lipinski definition) is 5. The number of fused-ring (bicyclic) bond motifs is 1. The number of carbonyl (C=O) groups is 3. The Morgan fingerprint density at radius 3 is 2.31 bits per heavy atom. The van der Waals surface area contributed by atoms with Crippen molar-refractivity contribution < 1.29 is 23.9 Å². The average molecular weight is 356 g/mol.